The van der Waals surface area contributed by atoms with Gasteiger partial charge in [0, 0.05) is 0 Å². The van der Waals surface area contributed by atoms with Gasteiger partial charge >= 0.3 is 6.61 Å². The Morgan fingerprint density at radius 2 is 2.04 bits per heavy atom. The Morgan fingerprint density at radius 1 is 1.30 bits per heavy atom. The summed E-state index contributed by atoms with van der Waals surface area (Å²) in [4.78, 5) is 7.73. The summed E-state index contributed by atoms with van der Waals surface area (Å²) in [6, 6.07) is 6.81. The molecule has 0 bridgehead atoms. The molecule has 2 aromatic heterocycles. The number of alkyl halides is 2. The van der Waals surface area contributed by atoms with Crippen LogP contribution >= 0.6 is 0 Å². The standard InChI is InChI=1S/C16H18F2N4O/c1-4-9(2)22-15-13(10(3)21-22)19-14(20-15)11-7-5-6-8-12(11)23-16(17)18/h5-9,16H,4H2,1-3H3,(H,19,20). The Bertz CT molecular complexity index is 825. The number of nitrogens with zero attached hydrogens (tertiary/aromatic N) is 3. The van der Waals surface area contributed by atoms with Crippen molar-refractivity contribution in [3.05, 3.63) is 30.0 Å². The molecule has 0 saturated carbocycles. The molecule has 0 saturated heterocycles. The van der Waals surface area contributed by atoms with E-state index < -0.39 is 6.61 Å². The van der Waals surface area contributed by atoms with Gasteiger partial charge in [0.25, 0.3) is 0 Å². The number of aromatic nitrogens is 4. The molecule has 5 nitrogen and oxygen atoms in total. The summed E-state index contributed by atoms with van der Waals surface area (Å²) in [5.74, 6) is 0.591. The molecule has 0 spiro atoms. The summed E-state index contributed by atoms with van der Waals surface area (Å²) < 4.78 is 31.6. The number of hydrogen-bond donors (Lipinski definition) is 1. The number of para-hydroxylation sites is 1. The third kappa shape index (κ3) is 2.78. The highest BCUT2D eigenvalue weighted by Gasteiger charge is 2.19. The molecule has 1 atom stereocenters. The molecular formula is C16H18F2N4O. The van der Waals surface area contributed by atoms with Crippen LogP contribution in [0.15, 0.2) is 24.3 Å². The van der Waals surface area contributed by atoms with E-state index >= 15 is 0 Å². The maximum Gasteiger partial charge on any atom is 0.387 e. The lowest BCUT2D eigenvalue weighted by Crippen LogP contribution is -2.06. The predicted octanol–water partition coefficient (Wildman–Crippen LogP) is 4.31. The molecule has 0 amide bonds. The fourth-order valence-electron chi connectivity index (χ4n) is 2.51. The van der Waals surface area contributed by atoms with E-state index in [0.717, 1.165) is 23.3 Å². The monoisotopic (exact) mass is 320 g/mol. The smallest absolute Gasteiger partial charge is 0.387 e. The van der Waals surface area contributed by atoms with E-state index in [1.54, 1.807) is 18.2 Å². The van der Waals surface area contributed by atoms with E-state index in [2.05, 4.69) is 33.7 Å². The van der Waals surface area contributed by atoms with Crippen molar-refractivity contribution in [2.24, 2.45) is 0 Å². The second kappa shape index (κ2) is 5.98. The van der Waals surface area contributed by atoms with Gasteiger partial charge < -0.3 is 9.72 Å². The SMILES string of the molecule is CCC(C)n1nc(C)c2[nH]c(-c3ccccc3OC(F)F)nc21. The van der Waals surface area contributed by atoms with E-state index in [-0.39, 0.29) is 11.8 Å². The number of H-pyrrole nitrogens is 1. The van der Waals surface area contributed by atoms with Gasteiger partial charge in [-0.15, -0.1) is 0 Å². The molecule has 2 heterocycles. The van der Waals surface area contributed by atoms with Gasteiger partial charge in [-0.25, -0.2) is 9.67 Å². The molecule has 0 fully saturated rings. The number of fused-ring (bicyclic) bond motifs is 1. The zero-order valence-electron chi connectivity index (χ0n) is 13.2. The lowest BCUT2D eigenvalue weighted by atomic mass is 10.2. The molecule has 122 valence electrons. The van der Waals surface area contributed by atoms with Gasteiger partial charge in [0.15, 0.2) is 5.65 Å². The Labute approximate surface area is 132 Å². The highest BCUT2D eigenvalue weighted by Crippen LogP contribution is 2.31. The second-order valence-corrected chi connectivity index (χ2v) is 5.45. The molecule has 0 aliphatic heterocycles. The first kappa shape index (κ1) is 15.5. The number of aryl methyl sites for hydroxylation is 1. The predicted molar refractivity (Wildman–Crippen MR) is 83.7 cm³/mol. The third-order valence-corrected chi connectivity index (χ3v) is 3.89. The van der Waals surface area contributed by atoms with E-state index in [1.807, 2.05) is 11.6 Å². The maximum absolute atomic E-state index is 12.6. The van der Waals surface area contributed by atoms with Crippen LogP contribution < -0.4 is 4.74 Å². The normalized spacial score (nSPS) is 13.0. The van der Waals surface area contributed by atoms with Gasteiger partial charge in [0.1, 0.15) is 17.1 Å². The number of halogens is 2. The van der Waals surface area contributed by atoms with Gasteiger partial charge in [-0.05, 0) is 32.4 Å². The zero-order chi connectivity index (χ0) is 16.6. The molecule has 1 N–H and O–H groups in total. The number of hydrogen-bond acceptors (Lipinski definition) is 3. The molecule has 0 aliphatic carbocycles. The molecule has 7 heteroatoms. The quantitative estimate of drug-likeness (QED) is 0.762. The molecule has 0 aliphatic rings. The minimum absolute atomic E-state index is 0.0969. The van der Waals surface area contributed by atoms with Gasteiger partial charge in [-0.1, -0.05) is 19.1 Å². The van der Waals surface area contributed by atoms with Crippen LogP contribution in [0.3, 0.4) is 0 Å². The first-order valence-electron chi connectivity index (χ1n) is 7.50. The topological polar surface area (TPSA) is 55.7 Å². The number of rotatable bonds is 5. The zero-order valence-corrected chi connectivity index (χ0v) is 13.2. The summed E-state index contributed by atoms with van der Waals surface area (Å²) in [5.41, 5.74) is 2.86. The molecule has 0 radical (unpaired) electrons. The van der Waals surface area contributed by atoms with Crippen LogP contribution in [-0.4, -0.2) is 26.4 Å². The summed E-state index contributed by atoms with van der Waals surface area (Å²) in [6.07, 6.45) is 0.920. The van der Waals surface area contributed by atoms with Crippen molar-refractivity contribution < 1.29 is 13.5 Å². The Balaban J connectivity index is 2.12. The van der Waals surface area contributed by atoms with E-state index in [1.165, 1.54) is 6.07 Å². The lowest BCUT2D eigenvalue weighted by Gasteiger charge is -2.09. The van der Waals surface area contributed by atoms with Crippen LogP contribution in [0.4, 0.5) is 8.78 Å². The van der Waals surface area contributed by atoms with Crippen molar-refractivity contribution in [3.63, 3.8) is 0 Å². The fourth-order valence-corrected chi connectivity index (χ4v) is 2.51. The average molecular weight is 320 g/mol. The van der Waals surface area contributed by atoms with Crippen LogP contribution in [0.2, 0.25) is 0 Å². The third-order valence-electron chi connectivity index (χ3n) is 3.89. The van der Waals surface area contributed by atoms with Crippen molar-refractivity contribution in [1.29, 1.82) is 0 Å². The Kier molecular flexibility index (Phi) is 4.02. The van der Waals surface area contributed by atoms with Gasteiger partial charge in [0.05, 0.1) is 17.3 Å². The molecule has 3 aromatic rings. The van der Waals surface area contributed by atoms with Gasteiger partial charge in [-0.3, -0.25) is 0 Å². The number of aromatic amines is 1. The van der Waals surface area contributed by atoms with Crippen LogP contribution in [0.5, 0.6) is 5.75 Å². The summed E-state index contributed by atoms with van der Waals surface area (Å²) >= 11 is 0. The van der Waals surface area contributed by atoms with Crippen LogP contribution in [0.1, 0.15) is 32.0 Å². The van der Waals surface area contributed by atoms with Crippen LogP contribution in [0.25, 0.3) is 22.6 Å². The summed E-state index contributed by atoms with van der Waals surface area (Å²) in [5, 5.41) is 4.50. The highest BCUT2D eigenvalue weighted by atomic mass is 19.3. The van der Waals surface area contributed by atoms with Crippen molar-refractivity contribution in [1.82, 2.24) is 19.7 Å². The van der Waals surface area contributed by atoms with E-state index in [0.29, 0.717) is 11.4 Å². The molecule has 1 aromatic carbocycles. The first-order chi connectivity index (χ1) is 11.0. The summed E-state index contributed by atoms with van der Waals surface area (Å²) in [6.45, 7) is 3.16. The average Bonchev–Trinajstić information content (AvgIpc) is 3.07. The largest absolute Gasteiger partial charge is 0.434 e. The van der Waals surface area contributed by atoms with E-state index in [9.17, 15) is 8.78 Å². The number of imidazole rings is 1. The number of nitrogens with one attached hydrogen (secondary N) is 1. The number of ether oxygens (including phenoxy) is 1. The molecule has 23 heavy (non-hydrogen) atoms. The highest BCUT2D eigenvalue weighted by molar-refractivity contribution is 5.80. The molecular weight excluding hydrogens is 302 g/mol. The maximum atomic E-state index is 12.6. The molecule has 1 unspecified atom stereocenters. The van der Waals surface area contributed by atoms with Gasteiger partial charge in [-0.2, -0.15) is 13.9 Å². The molecule has 3 rings (SSSR count). The lowest BCUT2D eigenvalue weighted by molar-refractivity contribution is -0.0494. The summed E-state index contributed by atoms with van der Waals surface area (Å²) in [7, 11) is 0. The van der Waals surface area contributed by atoms with Crippen molar-refractivity contribution in [2.45, 2.75) is 39.8 Å². The van der Waals surface area contributed by atoms with Crippen LogP contribution in [0, 0.1) is 6.92 Å². The second-order valence-electron chi connectivity index (χ2n) is 5.45. The first-order valence-corrected chi connectivity index (χ1v) is 7.50. The van der Waals surface area contributed by atoms with Crippen molar-refractivity contribution in [2.75, 3.05) is 0 Å². The van der Waals surface area contributed by atoms with Crippen LogP contribution in [-0.2, 0) is 0 Å². The Morgan fingerprint density at radius 3 is 2.74 bits per heavy atom. The fraction of sp³-hybridized carbons (Fsp3) is 0.375. The van der Waals surface area contributed by atoms with Crippen molar-refractivity contribution >= 4 is 11.2 Å². The minimum atomic E-state index is -2.88. The Hall–Kier alpha value is -2.44. The van der Waals surface area contributed by atoms with E-state index in [4.69, 9.17) is 0 Å². The number of benzene rings is 1. The minimum Gasteiger partial charge on any atom is -0.434 e. The van der Waals surface area contributed by atoms with Crippen molar-refractivity contribution in [3.8, 4) is 17.1 Å². The van der Waals surface area contributed by atoms with Gasteiger partial charge in [0.2, 0.25) is 0 Å².